The van der Waals surface area contributed by atoms with Crippen molar-refractivity contribution in [2.45, 2.75) is 26.2 Å². The number of nitrogens with zero attached hydrogens (tertiary/aromatic N) is 1. The van der Waals surface area contributed by atoms with Crippen LogP contribution in [0.2, 0.25) is 0 Å². The van der Waals surface area contributed by atoms with Gasteiger partial charge in [0.05, 0.1) is 0 Å². The van der Waals surface area contributed by atoms with Crippen LogP contribution in [-0.4, -0.2) is 37.0 Å². The van der Waals surface area contributed by atoms with E-state index in [1.807, 2.05) is 11.0 Å². The van der Waals surface area contributed by atoms with Gasteiger partial charge in [-0.3, -0.25) is 4.79 Å². The standard InChI is InChI=1S/C16H24N2O.ClH/c1-14(16(19)18-12-10-17-11-13-18)6-5-9-15-7-3-2-4-8-15;/h2-4,7-8,14,17H,5-6,9-13H2,1H3;1H. The Morgan fingerprint density at radius 1 is 1.25 bits per heavy atom. The zero-order valence-corrected chi connectivity index (χ0v) is 13.0. The number of halogens is 1. The molecule has 1 atom stereocenters. The van der Waals surface area contributed by atoms with E-state index < -0.39 is 0 Å². The molecule has 1 fully saturated rings. The normalized spacial score (nSPS) is 16.4. The molecule has 1 heterocycles. The van der Waals surface area contributed by atoms with Gasteiger partial charge in [0.1, 0.15) is 0 Å². The van der Waals surface area contributed by atoms with Crippen molar-refractivity contribution in [3.8, 4) is 0 Å². The molecule has 1 unspecified atom stereocenters. The maximum Gasteiger partial charge on any atom is 0.225 e. The molecule has 2 rings (SSSR count). The Morgan fingerprint density at radius 2 is 1.90 bits per heavy atom. The molecule has 0 bridgehead atoms. The molecule has 1 aliphatic heterocycles. The molecule has 1 amide bonds. The lowest BCUT2D eigenvalue weighted by atomic mass is 9.99. The van der Waals surface area contributed by atoms with Crippen LogP contribution in [0.4, 0.5) is 0 Å². The maximum atomic E-state index is 12.2. The first-order valence-electron chi connectivity index (χ1n) is 7.31. The molecule has 112 valence electrons. The number of aryl methyl sites for hydroxylation is 1. The van der Waals surface area contributed by atoms with Gasteiger partial charge in [-0.1, -0.05) is 37.3 Å². The van der Waals surface area contributed by atoms with E-state index in [1.165, 1.54) is 5.56 Å². The average molecular weight is 297 g/mol. The van der Waals surface area contributed by atoms with Gasteiger partial charge in [0.15, 0.2) is 0 Å². The minimum Gasteiger partial charge on any atom is -0.340 e. The largest absolute Gasteiger partial charge is 0.340 e. The maximum absolute atomic E-state index is 12.2. The first-order valence-corrected chi connectivity index (χ1v) is 7.31. The summed E-state index contributed by atoms with van der Waals surface area (Å²) < 4.78 is 0. The summed E-state index contributed by atoms with van der Waals surface area (Å²) in [6, 6.07) is 10.5. The number of benzene rings is 1. The SMILES string of the molecule is CC(CCCc1ccccc1)C(=O)N1CCNCC1.Cl. The summed E-state index contributed by atoms with van der Waals surface area (Å²) in [6.07, 6.45) is 3.14. The minimum atomic E-state index is 0. The summed E-state index contributed by atoms with van der Waals surface area (Å²) >= 11 is 0. The van der Waals surface area contributed by atoms with E-state index in [-0.39, 0.29) is 18.3 Å². The van der Waals surface area contributed by atoms with Crippen molar-refractivity contribution in [1.82, 2.24) is 10.2 Å². The van der Waals surface area contributed by atoms with Gasteiger partial charge < -0.3 is 10.2 Å². The molecule has 1 aromatic carbocycles. The van der Waals surface area contributed by atoms with Crippen LogP contribution in [-0.2, 0) is 11.2 Å². The zero-order valence-electron chi connectivity index (χ0n) is 12.2. The fraction of sp³-hybridized carbons (Fsp3) is 0.562. The van der Waals surface area contributed by atoms with Crippen molar-refractivity contribution in [3.63, 3.8) is 0 Å². The van der Waals surface area contributed by atoms with Gasteiger partial charge >= 0.3 is 0 Å². The number of nitrogens with one attached hydrogen (secondary N) is 1. The Kier molecular flexibility index (Phi) is 7.63. The molecule has 3 nitrogen and oxygen atoms in total. The van der Waals surface area contributed by atoms with Crippen LogP contribution < -0.4 is 5.32 Å². The Hall–Kier alpha value is -1.06. The van der Waals surface area contributed by atoms with Gasteiger partial charge in [0.25, 0.3) is 0 Å². The summed E-state index contributed by atoms with van der Waals surface area (Å²) in [7, 11) is 0. The van der Waals surface area contributed by atoms with E-state index in [9.17, 15) is 4.79 Å². The van der Waals surface area contributed by atoms with Crippen molar-refractivity contribution < 1.29 is 4.79 Å². The molecule has 0 spiro atoms. The second-order valence-electron chi connectivity index (χ2n) is 5.35. The van der Waals surface area contributed by atoms with E-state index in [0.717, 1.165) is 45.4 Å². The third kappa shape index (κ3) is 5.14. The van der Waals surface area contributed by atoms with E-state index in [2.05, 4.69) is 36.5 Å². The first-order chi connectivity index (χ1) is 9.27. The highest BCUT2D eigenvalue weighted by atomic mass is 35.5. The fourth-order valence-electron chi connectivity index (χ4n) is 2.58. The van der Waals surface area contributed by atoms with Gasteiger partial charge in [-0.25, -0.2) is 0 Å². The monoisotopic (exact) mass is 296 g/mol. The summed E-state index contributed by atoms with van der Waals surface area (Å²) in [5.74, 6) is 0.483. The van der Waals surface area contributed by atoms with Crippen LogP contribution in [0.3, 0.4) is 0 Å². The second kappa shape index (κ2) is 8.98. The molecule has 1 saturated heterocycles. The predicted molar refractivity (Wildman–Crippen MR) is 85.2 cm³/mol. The van der Waals surface area contributed by atoms with Gasteiger partial charge in [-0.15, -0.1) is 12.4 Å². The van der Waals surface area contributed by atoms with Crippen LogP contribution in [0.25, 0.3) is 0 Å². The van der Waals surface area contributed by atoms with Crippen molar-refractivity contribution in [1.29, 1.82) is 0 Å². The molecule has 1 N–H and O–H groups in total. The van der Waals surface area contributed by atoms with E-state index in [0.29, 0.717) is 5.91 Å². The van der Waals surface area contributed by atoms with Crippen LogP contribution in [0.15, 0.2) is 30.3 Å². The highest BCUT2D eigenvalue weighted by molar-refractivity contribution is 5.85. The quantitative estimate of drug-likeness (QED) is 0.905. The number of carbonyl (C=O) groups excluding carboxylic acids is 1. The highest BCUT2D eigenvalue weighted by Crippen LogP contribution is 2.13. The van der Waals surface area contributed by atoms with Crippen LogP contribution in [0.1, 0.15) is 25.3 Å². The number of amides is 1. The molecule has 20 heavy (non-hydrogen) atoms. The third-order valence-corrected chi connectivity index (χ3v) is 3.80. The smallest absolute Gasteiger partial charge is 0.225 e. The van der Waals surface area contributed by atoms with E-state index in [4.69, 9.17) is 0 Å². The predicted octanol–water partition coefficient (Wildman–Crippen LogP) is 2.50. The Labute approximate surface area is 128 Å². The molecule has 4 heteroatoms. The van der Waals surface area contributed by atoms with E-state index in [1.54, 1.807) is 0 Å². The Balaban J connectivity index is 0.00000200. The van der Waals surface area contributed by atoms with Gasteiger partial charge in [-0.05, 0) is 24.8 Å². The Morgan fingerprint density at radius 3 is 2.55 bits per heavy atom. The van der Waals surface area contributed by atoms with Gasteiger partial charge in [0, 0.05) is 32.1 Å². The number of hydrogen-bond acceptors (Lipinski definition) is 2. The van der Waals surface area contributed by atoms with E-state index >= 15 is 0 Å². The minimum absolute atomic E-state index is 0. The lowest BCUT2D eigenvalue weighted by Crippen LogP contribution is -2.48. The molecule has 1 aromatic rings. The summed E-state index contributed by atoms with van der Waals surface area (Å²) in [5.41, 5.74) is 1.37. The number of carbonyl (C=O) groups is 1. The van der Waals surface area contributed by atoms with Crippen LogP contribution in [0, 0.1) is 5.92 Å². The van der Waals surface area contributed by atoms with Crippen LogP contribution in [0.5, 0.6) is 0 Å². The fourth-order valence-corrected chi connectivity index (χ4v) is 2.58. The lowest BCUT2D eigenvalue weighted by molar-refractivity contribution is -0.135. The van der Waals surface area contributed by atoms with Crippen LogP contribution >= 0.6 is 12.4 Å². The van der Waals surface area contributed by atoms with Crippen molar-refractivity contribution >= 4 is 18.3 Å². The summed E-state index contributed by atoms with van der Waals surface area (Å²) in [5, 5.41) is 3.28. The summed E-state index contributed by atoms with van der Waals surface area (Å²) in [4.78, 5) is 14.2. The first kappa shape index (κ1) is 17.0. The number of piperazine rings is 1. The van der Waals surface area contributed by atoms with Gasteiger partial charge in [0.2, 0.25) is 5.91 Å². The second-order valence-corrected chi connectivity index (χ2v) is 5.35. The molecule has 0 radical (unpaired) electrons. The van der Waals surface area contributed by atoms with Crippen molar-refractivity contribution in [3.05, 3.63) is 35.9 Å². The number of hydrogen-bond donors (Lipinski definition) is 1. The molecule has 0 saturated carbocycles. The summed E-state index contributed by atoms with van der Waals surface area (Å²) in [6.45, 7) is 5.66. The lowest BCUT2D eigenvalue weighted by Gasteiger charge is -2.29. The topological polar surface area (TPSA) is 32.3 Å². The van der Waals surface area contributed by atoms with Gasteiger partial charge in [-0.2, -0.15) is 0 Å². The zero-order chi connectivity index (χ0) is 13.5. The molecular weight excluding hydrogens is 272 g/mol. The molecule has 0 aromatic heterocycles. The molecular formula is C16H25ClN2O. The molecule has 0 aliphatic carbocycles. The number of rotatable bonds is 5. The third-order valence-electron chi connectivity index (χ3n) is 3.80. The Bertz CT molecular complexity index is 391. The van der Waals surface area contributed by atoms with Crippen molar-refractivity contribution in [2.24, 2.45) is 5.92 Å². The highest BCUT2D eigenvalue weighted by Gasteiger charge is 2.21. The average Bonchev–Trinajstić information content (AvgIpc) is 2.48. The molecule has 1 aliphatic rings. The van der Waals surface area contributed by atoms with Crippen molar-refractivity contribution in [2.75, 3.05) is 26.2 Å².